The Morgan fingerprint density at radius 2 is 2.00 bits per heavy atom. The number of hydrogen-bond acceptors (Lipinski definition) is 7. The smallest absolute Gasteiger partial charge is 0.319 e. The molecule has 0 aliphatic carbocycles. The lowest BCUT2D eigenvalue weighted by Crippen LogP contribution is -2.44. The molecule has 1 aromatic heterocycles. The minimum absolute atomic E-state index is 0.0944. The largest absolute Gasteiger partial charge is 0.497 e. The van der Waals surface area contributed by atoms with Gasteiger partial charge in [0.05, 0.1) is 33.4 Å². The summed E-state index contributed by atoms with van der Waals surface area (Å²) < 4.78 is 21.5. The van der Waals surface area contributed by atoms with Crippen molar-refractivity contribution in [1.82, 2.24) is 14.9 Å². The zero-order valence-electron chi connectivity index (χ0n) is 15.7. The quantitative estimate of drug-likeness (QED) is 0.767. The first-order chi connectivity index (χ1) is 13.1. The van der Waals surface area contributed by atoms with Crippen molar-refractivity contribution in [2.45, 2.75) is 18.9 Å². The molecule has 0 N–H and O–H groups in total. The molecule has 8 nitrogen and oxygen atoms in total. The number of aromatic nitrogens is 2. The number of nitrogens with zero attached hydrogens (tertiary/aromatic N) is 3. The van der Waals surface area contributed by atoms with E-state index in [1.807, 2.05) is 0 Å². The molecule has 1 amide bonds. The van der Waals surface area contributed by atoms with E-state index < -0.39 is 0 Å². The van der Waals surface area contributed by atoms with E-state index in [1.165, 1.54) is 14.2 Å². The lowest BCUT2D eigenvalue weighted by Gasteiger charge is -2.33. The molecular formula is C19H23N3O5. The number of piperidine rings is 1. The van der Waals surface area contributed by atoms with Gasteiger partial charge in [0.2, 0.25) is 5.88 Å². The summed E-state index contributed by atoms with van der Waals surface area (Å²) in [4.78, 5) is 22.9. The fourth-order valence-corrected chi connectivity index (χ4v) is 3.02. The first kappa shape index (κ1) is 18.8. The summed E-state index contributed by atoms with van der Waals surface area (Å²) in [6.07, 6.45) is 3.12. The van der Waals surface area contributed by atoms with Crippen LogP contribution >= 0.6 is 0 Å². The molecule has 1 aliphatic rings. The number of benzene rings is 1. The topological polar surface area (TPSA) is 83.0 Å². The number of amides is 1. The standard InChI is InChI=1S/C19H23N3O5/c1-24-13-6-7-15(16(11-13)25-2)18(23)22-10-4-5-14(12-22)27-17-8-9-20-19(21-17)26-3/h6-9,11,14H,4-5,10,12H2,1-3H3. The average Bonchev–Trinajstić information content (AvgIpc) is 2.73. The molecule has 1 aromatic carbocycles. The molecule has 1 fully saturated rings. The maximum absolute atomic E-state index is 13.0. The van der Waals surface area contributed by atoms with E-state index in [-0.39, 0.29) is 18.0 Å². The van der Waals surface area contributed by atoms with Crippen LogP contribution in [0.3, 0.4) is 0 Å². The van der Waals surface area contributed by atoms with Gasteiger partial charge in [0.1, 0.15) is 17.6 Å². The number of hydrogen-bond donors (Lipinski definition) is 0. The zero-order chi connectivity index (χ0) is 19.2. The third-order valence-corrected chi connectivity index (χ3v) is 4.38. The second kappa shape index (κ2) is 8.57. The van der Waals surface area contributed by atoms with Gasteiger partial charge in [-0.1, -0.05) is 0 Å². The predicted molar refractivity (Wildman–Crippen MR) is 97.7 cm³/mol. The van der Waals surface area contributed by atoms with Crippen LogP contribution in [-0.2, 0) is 0 Å². The average molecular weight is 373 g/mol. The molecule has 2 heterocycles. The Labute approximate surface area is 158 Å². The van der Waals surface area contributed by atoms with Gasteiger partial charge in [-0.2, -0.15) is 4.98 Å². The molecular weight excluding hydrogens is 350 g/mol. The normalized spacial score (nSPS) is 16.6. The van der Waals surface area contributed by atoms with Crippen LogP contribution in [0.2, 0.25) is 0 Å². The van der Waals surface area contributed by atoms with Gasteiger partial charge in [-0.05, 0) is 25.0 Å². The third-order valence-electron chi connectivity index (χ3n) is 4.38. The molecule has 1 atom stereocenters. The molecule has 1 aliphatic heterocycles. The fourth-order valence-electron chi connectivity index (χ4n) is 3.02. The van der Waals surface area contributed by atoms with E-state index in [9.17, 15) is 4.79 Å². The van der Waals surface area contributed by atoms with E-state index in [0.717, 1.165) is 12.8 Å². The summed E-state index contributed by atoms with van der Waals surface area (Å²) in [6, 6.07) is 7.11. The van der Waals surface area contributed by atoms with Gasteiger partial charge >= 0.3 is 6.01 Å². The van der Waals surface area contributed by atoms with Gasteiger partial charge in [-0.3, -0.25) is 4.79 Å². The summed E-state index contributed by atoms with van der Waals surface area (Å²) in [6.45, 7) is 1.14. The number of likely N-dealkylation sites (tertiary alicyclic amines) is 1. The summed E-state index contributed by atoms with van der Waals surface area (Å²) >= 11 is 0. The van der Waals surface area contributed by atoms with Crippen LogP contribution < -0.4 is 18.9 Å². The number of carbonyl (C=O) groups excluding carboxylic acids is 1. The molecule has 0 bridgehead atoms. The molecule has 0 radical (unpaired) electrons. The Morgan fingerprint density at radius 1 is 1.15 bits per heavy atom. The highest BCUT2D eigenvalue weighted by Gasteiger charge is 2.27. The molecule has 0 saturated carbocycles. The Hall–Kier alpha value is -3.03. The summed E-state index contributed by atoms with van der Waals surface area (Å²) in [7, 11) is 4.61. The van der Waals surface area contributed by atoms with Crippen molar-refractivity contribution in [3.8, 4) is 23.4 Å². The monoisotopic (exact) mass is 373 g/mol. The van der Waals surface area contributed by atoms with Crippen LogP contribution in [0.25, 0.3) is 0 Å². The summed E-state index contributed by atoms with van der Waals surface area (Å²) in [5.74, 6) is 1.47. The lowest BCUT2D eigenvalue weighted by molar-refractivity contribution is 0.0523. The van der Waals surface area contributed by atoms with E-state index in [0.29, 0.717) is 36.0 Å². The Morgan fingerprint density at radius 3 is 2.74 bits per heavy atom. The van der Waals surface area contributed by atoms with E-state index in [4.69, 9.17) is 18.9 Å². The van der Waals surface area contributed by atoms with E-state index in [1.54, 1.807) is 42.5 Å². The van der Waals surface area contributed by atoms with E-state index >= 15 is 0 Å². The summed E-state index contributed by atoms with van der Waals surface area (Å²) in [5, 5.41) is 0. The van der Waals surface area contributed by atoms with Crippen molar-refractivity contribution >= 4 is 5.91 Å². The highest BCUT2D eigenvalue weighted by molar-refractivity contribution is 5.97. The molecule has 0 spiro atoms. The Kier molecular flexibility index (Phi) is 5.95. The highest BCUT2D eigenvalue weighted by Crippen LogP contribution is 2.27. The van der Waals surface area contributed by atoms with Gasteiger partial charge in [-0.15, -0.1) is 0 Å². The van der Waals surface area contributed by atoms with Crippen molar-refractivity contribution < 1.29 is 23.7 Å². The molecule has 1 unspecified atom stereocenters. The number of rotatable bonds is 6. The van der Waals surface area contributed by atoms with Crippen LogP contribution in [0.5, 0.6) is 23.4 Å². The second-order valence-corrected chi connectivity index (χ2v) is 6.08. The molecule has 3 rings (SSSR count). The number of carbonyl (C=O) groups is 1. The Balaban J connectivity index is 1.71. The van der Waals surface area contributed by atoms with Crippen LogP contribution in [0.4, 0.5) is 0 Å². The van der Waals surface area contributed by atoms with Gasteiger partial charge in [0.15, 0.2) is 0 Å². The predicted octanol–water partition coefficient (Wildman–Crippen LogP) is 2.19. The first-order valence-electron chi connectivity index (χ1n) is 8.69. The number of methoxy groups -OCH3 is 3. The third kappa shape index (κ3) is 4.39. The maximum Gasteiger partial charge on any atom is 0.319 e. The van der Waals surface area contributed by atoms with Gasteiger partial charge in [0.25, 0.3) is 5.91 Å². The first-order valence-corrected chi connectivity index (χ1v) is 8.69. The highest BCUT2D eigenvalue weighted by atomic mass is 16.5. The molecule has 8 heteroatoms. The SMILES string of the molecule is COc1ccc(C(=O)N2CCCC(Oc3ccnc(OC)n3)C2)c(OC)c1. The van der Waals surface area contributed by atoms with Gasteiger partial charge < -0.3 is 23.8 Å². The number of ether oxygens (including phenoxy) is 4. The van der Waals surface area contributed by atoms with Crippen molar-refractivity contribution in [2.24, 2.45) is 0 Å². The zero-order valence-corrected chi connectivity index (χ0v) is 15.7. The maximum atomic E-state index is 13.0. The van der Waals surface area contributed by atoms with E-state index in [2.05, 4.69) is 9.97 Å². The minimum atomic E-state index is -0.147. The van der Waals surface area contributed by atoms with Crippen LogP contribution in [0.1, 0.15) is 23.2 Å². The van der Waals surface area contributed by atoms with Gasteiger partial charge in [0, 0.05) is 24.9 Å². The van der Waals surface area contributed by atoms with Crippen LogP contribution in [0, 0.1) is 0 Å². The lowest BCUT2D eigenvalue weighted by atomic mass is 10.1. The Bertz CT molecular complexity index is 799. The molecule has 144 valence electrons. The molecule has 27 heavy (non-hydrogen) atoms. The molecule has 2 aromatic rings. The molecule has 1 saturated heterocycles. The van der Waals surface area contributed by atoms with Crippen LogP contribution in [0.15, 0.2) is 30.5 Å². The summed E-state index contributed by atoms with van der Waals surface area (Å²) in [5.41, 5.74) is 0.502. The van der Waals surface area contributed by atoms with Crippen molar-refractivity contribution in [2.75, 3.05) is 34.4 Å². The van der Waals surface area contributed by atoms with Crippen molar-refractivity contribution in [1.29, 1.82) is 0 Å². The van der Waals surface area contributed by atoms with Crippen LogP contribution in [-0.4, -0.2) is 61.3 Å². The fraction of sp³-hybridized carbons (Fsp3) is 0.421. The van der Waals surface area contributed by atoms with Crippen molar-refractivity contribution in [3.63, 3.8) is 0 Å². The minimum Gasteiger partial charge on any atom is -0.497 e. The van der Waals surface area contributed by atoms with Gasteiger partial charge in [-0.25, -0.2) is 4.98 Å². The van der Waals surface area contributed by atoms with Crippen molar-refractivity contribution in [3.05, 3.63) is 36.0 Å². The second-order valence-electron chi connectivity index (χ2n) is 6.08.